The molecule has 0 aliphatic carbocycles. The maximum atomic E-state index is 5.20. The Bertz CT molecular complexity index is 662. The minimum Gasteiger partial charge on any atom is -0.497 e. The molecule has 0 amide bonds. The molecular formula is C12H10N4O. The highest BCUT2D eigenvalue weighted by molar-refractivity contribution is 5.90. The fraction of sp³-hybridized carbons (Fsp3) is 0.0833. The van der Waals surface area contributed by atoms with E-state index < -0.39 is 0 Å². The number of methoxy groups -OCH3 is 1. The van der Waals surface area contributed by atoms with E-state index in [1.165, 1.54) is 6.33 Å². The summed E-state index contributed by atoms with van der Waals surface area (Å²) in [6.45, 7) is 0. The summed E-state index contributed by atoms with van der Waals surface area (Å²) < 4.78 is 5.20. The van der Waals surface area contributed by atoms with Gasteiger partial charge < -0.3 is 4.74 Å². The minimum atomic E-state index is 0.665. The fourth-order valence-electron chi connectivity index (χ4n) is 1.76. The monoisotopic (exact) mass is 226 g/mol. The molecule has 1 N–H and O–H groups in total. The molecule has 84 valence electrons. The molecule has 0 spiro atoms. The van der Waals surface area contributed by atoms with Gasteiger partial charge in [-0.15, -0.1) is 0 Å². The number of nitrogens with one attached hydrogen (secondary N) is 1. The smallest absolute Gasteiger partial charge is 0.184 e. The normalized spacial score (nSPS) is 10.6. The Kier molecular flexibility index (Phi) is 2.22. The lowest BCUT2D eigenvalue weighted by molar-refractivity contribution is 0.415. The van der Waals surface area contributed by atoms with Crippen LogP contribution in [0.4, 0.5) is 0 Å². The highest BCUT2D eigenvalue weighted by Gasteiger charge is 2.08. The maximum Gasteiger partial charge on any atom is 0.184 e. The van der Waals surface area contributed by atoms with E-state index in [1.807, 2.05) is 24.3 Å². The summed E-state index contributed by atoms with van der Waals surface area (Å²) >= 11 is 0. The van der Waals surface area contributed by atoms with E-state index >= 15 is 0 Å². The van der Waals surface area contributed by atoms with E-state index in [0.717, 1.165) is 22.4 Å². The number of ether oxygens (including phenoxy) is 1. The quantitative estimate of drug-likeness (QED) is 0.726. The number of aromatic nitrogens is 4. The number of aromatic amines is 1. The predicted molar refractivity (Wildman–Crippen MR) is 63.7 cm³/mol. The molecule has 5 nitrogen and oxygen atoms in total. The molecule has 3 rings (SSSR count). The predicted octanol–water partition coefficient (Wildman–Crippen LogP) is 2.03. The SMILES string of the molecule is COc1cccc(-c2[nH]nc3ncncc23)c1. The molecule has 0 saturated carbocycles. The average Bonchev–Trinajstić information content (AvgIpc) is 2.82. The molecule has 0 radical (unpaired) electrons. The number of nitrogens with zero attached hydrogens (tertiary/aromatic N) is 3. The Labute approximate surface area is 97.5 Å². The molecule has 0 unspecified atom stereocenters. The first-order valence-electron chi connectivity index (χ1n) is 5.17. The third-order valence-corrected chi connectivity index (χ3v) is 2.59. The van der Waals surface area contributed by atoms with Crippen LogP contribution in [-0.4, -0.2) is 27.3 Å². The zero-order chi connectivity index (χ0) is 11.7. The molecule has 17 heavy (non-hydrogen) atoms. The van der Waals surface area contributed by atoms with Gasteiger partial charge in [-0.05, 0) is 12.1 Å². The van der Waals surface area contributed by atoms with Crippen molar-refractivity contribution in [1.29, 1.82) is 0 Å². The van der Waals surface area contributed by atoms with Crippen molar-refractivity contribution in [2.45, 2.75) is 0 Å². The van der Waals surface area contributed by atoms with Crippen molar-refractivity contribution in [1.82, 2.24) is 20.2 Å². The highest BCUT2D eigenvalue weighted by atomic mass is 16.5. The van der Waals surface area contributed by atoms with Crippen LogP contribution in [0, 0.1) is 0 Å². The standard InChI is InChI=1S/C12H10N4O/c1-17-9-4-2-3-8(5-9)11-10-6-13-7-14-12(10)16-15-11/h2-7H,1H3,(H,13,14,15,16). The molecule has 0 bridgehead atoms. The largest absolute Gasteiger partial charge is 0.497 e. The van der Waals surface area contributed by atoms with E-state index in [-0.39, 0.29) is 0 Å². The van der Waals surface area contributed by atoms with Gasteiger partial charge in [-0.3, -0.25) is 5.10 Å². The van der Waals surface area contributed by atoms with Crippen molar-refractivity contribution in [3.05, 3.63) is 36.8 Å². The van der Waals surface area contributed by atoms with Crippen molar-refractivity contribution in [3.8, 4) is 17.0 Å². The summed E-state index contributed by atoms with van der Waals surface area (Å²) in [6.07, 6.45) is 3.24. The number of hydrogen-bond donors (Lipinski definition) is 1. The molecular weight excluding hydrogens is 216 g/mol. The summed E-state index contributed by atoms with van der Waals surface area (Å²) in [4.78, 5) is 8.10. The lowest BCUT2D eigenvalue weighted by Gasteiger charge is -2.02. The third-order valence-electron chi connectivity index (χ3n) is 2.59. The van der Waals surface area contributed by atoms with E-state index in [2.05, 4.69) is 20.2 Å². The number of fused-ring (bicyclic) bond motifs is 1. The van der Waals surface area contributed by atoms with Gasteiger partial charge in [0.05, 0.1) is 18.2 Å². The molecule has 0 aliphatic heterocycles. The van der Waals surface area contributed by atoms with Gasteiger partial charge in [0.15, 0.2) is 5.65 Å². The van der Waals surface area contributed by atoms with Crippen molar-refractivity contribution in [2.75, 3.05) is 7.11 Å². The summed E-state index contributed by atoms with van der Waals surface area (Å²) in [5.74, 6) is 0.807. The molecule has 2 aromatic heterocycles. The number of rotatable bonds is 2. The molecule has 2 heterocycles. The number of benzene rings is 1. The van der Waals surface area contributed by atoms with Crippen LogP contribution in [0.25, 0.3) is 22.3 Å². The van der Waals surface area contributed by atoms with Crippen molar-refractivity contribution >= 4 is 11.0 Å². The topological polar surface area (TPSA) is 63.7 Å². The van der Waals surface area contributed by atoms with E-state index in [0.29, 0.717) is 5.65 Å². The second kappa shape index (κ2) is 3.86. The van der Waals surface area contributed by atoms with Crippen LogP contribution < -0.4 is 4.74 Å². The third kappa shape index (κ3) is 1.61. The zero-order valence-electron chi connectivity index (χ0n) is 9.21. The van der Waals surface area contributed by atoms with Crippen LogP contribution in [0.1, 0.15) is 0 Å². The van der Waals surface area contributed by atoms with Crippen molar-refractivity contribution in [2.24, 2.45) is 0 Å². The van der Waals surface area contributed by atoms with E-state index in [9.17, 15) is 0 Å². The summed E-state index contributed by atoms with van der Waals surface area (Å²) in [6, 6.07) is 7.77. The Morgan fingerprint density at radius 3 is 3.12 bits per heavy atom. The summed E-state index contributed by atoms with van der Waals surface area (Å²) in [7, 11) is 1.65. The fourth-order valence-corrected chi connectivity index (χ4v) is 1.76. The van der Waals surface area contributed by atoms with Gasteiger partial charge >= 0.3 is 0 Å². The van der Waals surface area contributed by atoms with Crippen LogP contribution >= 0.6 is 0 Å². The Morgan fingerprint density at radius 1 is 1.29 bits per heavy atom. The van der Waals surface area contributed by atoms with E-state index in [1.54, 1.807) is 13.3 Å². The lowest BCUT2D eigenvalue weighted by Crippen LogP contribution is -1.84. The second-order valence-electron chi connectivity index (χ2n) is 3.59. The zero-order valence-corrected chi connectivity index (χ0v) is 9.21. The van der Waals surface area contributed by atoms with Crippen molar-refractivity contribution in [3.63, 3.8) is 0 Å². The van der Waals surface area contributed by atoms with Crippen LogP contribution in [0.15, 0.2) is 36.8 Å². The van der Waals surface area contributed by atoms with Gasteiger partial charge in [0.2, 0.25) is 0 Å². The van der Waals surface area contributed by atoms with Gasteiger partial charge in [-0.1, -0.05) is 12.1 Å². The van der Waals surface area contributed by atoms with Gasteiger partial charge in [0.25, 0.3) is 0 Å². The molecule has 0 fully saturated rings. The van der Waals surface area contributed by atoms with Crippen molar-refractivity contribution < 1.29 is 4.74 Å². The Balaban J connectivity index is 2.20. The van der Waals surface area contributed by atoms with Gasteiger partial charge in [-0.2, -0.15) is 5.10 Å². The van der Waals surface area contributed by atoms with Crippen LogP contribution in [0.3, 0.4) is 0 Å². The first-order chi connectivity index (χ1) is 8.38. The first kappa shape index (κ1) is 9.77. The van der Waals surface area contributed by atoms with Gasteiger partial charge in [-0.25, -0.2) is 9.97 Å². The summed E-state index contributed by atoms with van der Waals surface area (Å²) in [5.41, 5.74) is 2.57. The van der Waals surface area contributed by atoms with Crippen LogP contribution in [-0.2, 0) is 0 Å². The van der Waals surface area contributed by atoms with Crippen LogP contribution in [0.2, 0.25) is 0 Å². The summed E-state index contributed by atoms with van der Waals surface area (Å²) in [5, 5.41) is 8.01. The van der Waals surface area contributed by atoms with E-state index in [4.69, 9.17) is 4.74 Å². The molecule has 0 saturated heterocycles. The Hall–Kier alpha value is -2.43. The molecule has 5 heteroatoms. The molecule has 0 atom stereocenters. The maximum absolute atomic E-state index is 5.20. The molecule has 3 aromatic rings. The highest BCUT2D eigenvalue weighted by Crippen LogP contribution is 2.26. The van der Waals surface area contributed by atoms with Crippen LogP contribution in [0.5, 0.6) is 5.75 Å². The Morgan fingerprint density at radius 2 is 2.24 bits per heavy atom. The molecule has 1 aromatic carbocycles. The molecule has 0 aliphatic rings. The number of H-pyrrole nitrogens is 1. The van der Waals surface area contributed by atoms with Gasteiger partial charge in [0, 0.05) is 11.8 Å². The minimum absolute atomic E-state index is 0.665. The first-order valence-corrected chi connectivity index (χ1v) is 5.17. The van der Waals surface area contributed by atoms with Gasteiger partial charge in [0.1, 0.15) is 12.1 Å². The second-order valence-corrected chi connectivity index (χ2v) is 3.59. The lowest BCUT2D eigenvalue weighted by atomic mass is 10.1. The number of hydrogen-bond acceptors (Lipinski definition) is 4. The average molecular weight is 226 g/mol.